The molecule has 3 aromatic rings. The second kappa shape index (κ2) is 6.02. The molecule has 4 rings (SSSR count). The maximum Gasteiger partial charge on any atom is 0.216 e. The van der Waals surface area contributed by atoms with Gasteiger partial charge in [-0.25, -0.2) is 4.98 Å². The summed E-state index contributed by atoms with van der Waals surface area (Å²) in [7, 11) is 0. The fourth-order valence-electron chi connectivity index (χ4n) is 2.95. The molecule has 1 aliphatic heterocycles. The fraction of sp³-hybridized carbons (Fsp3) is 0.0500. The average molecular weight is 334 g/mol. The number of rotatable bonds is 1. The van der Waals surface area contributed by atoms with Gasteiger partial charge in [0.05, 0.1) is 16.1 Å². The predicted octanol–water partition coefficient (Wildman–Crippen LogP) is 5.47. The van der Waals surface area contributed by atoms with E-state index in [0.717, 1.165) is 28.4 Å². The smallest absolute Gasteiger partial charge is 0.216 e. The molecule has 3 nitrogen and oxygen atoms in total. The highest BCUT2D eigenvalue weighted by Gasteiger charge is 2.21. The zero-order chi connectivity index (χ0) is 16.5. The first kappa shape index (κ1) is 14.8. The van der Waals surface area contributed by atoms with Gasteiger partial charge < -0.3 is 4.57 Å². The average Bonchev–Trinajstić information content (AvgIpc) is 2.97. The zero-order valence-corrected chi connectivity index (χ0v) is 13.8. The summed E-state index contributed by atoms with van der Waals surface area (Å²) in [4.78, 5) is 6.90. The maximum absolute atomic E-state index is 6.46. The van der Waals surface area contributed by atoms with Gasteiger partial charge in [-0.1, -0.05) is 60.7 Å². The number of anilines is 2. The Hall–Kier alpha value is -2.78. The second-order valence-corrected chi connectivity index (χ2v) is 5.99. The Kier molecular flexibility index (Phi) is 3.71. The molecule has 0 bridgehead atoms. The molecular formula is C20H16ClN3. The van der Waals surface area contributed by atoms with Crippen LogP contribution >= 0.6 is 11.6 Å². The van der Waals surface area contributed by atoms with Crippen molar-refractivity contribution in [2.45, 2.75) is 6.54 Å². The lowest BCUT2D eigenvalue weighted by Gasteiger charge is -2.24. The van der Waals surface area contributed by atoms with Crippen molar-refractivity contribution in [1.29, 1.82) is 0 Å². The number of hydrogen-bond acceptors (Lipinski definition) is 2. The van der Waals surface area contributed by atoms with Gasteiger partial charge in [-0.2, -0.15) is 0 Å². The Balaban J connectivity index is 2.02. The fourth-order valence-corrected chi connectivity index (χ4v) is 3.22. The van der Waals surface area contributed by atoms with Gasteiger partial charge in [-0.15, -0.1) is 0 Å². The lowest BCUT2D eigenvalue weighted by molar-refractivity contribution is 0.837. The van der Waals surface area contributed by atoms with Crippen molar-refractivity contribution >= 4 is 34.3 Å². The number of halogens is 1. The summed E-state index contributed by atoms with van der Waals surface area (Å²) in [6.07, 6.45) is 8.09. The van der Waals surface area contributed by atoms with Gasteiger partial charge in [0.2, 0.25) is 5.95 Å². The molecule has 0 saturated carbocycles. The number of aromatic nitrogens is 2. The van der Waals surface area contributed by atoms with Crippen LogP contribution in [0.4, 0.5) is 11.6 Å². The third-order valence-electron chi connectivity index (χ3n) is 4.02. The van der Waals surface area contributed by atoms with Crippen LogP contribution in [0, 0.1) is 0 Å². The number of nitrogens with zero attached hydrogens (tertiary/aromatic N) is 3. The molecule has 0 amide bonds. The van der Waals surface area contributed by atoms with Gasteiger partial charge in [-0.05, 0) is 30.3 Å². The van der Waals surface area contributed by atoms with E-state index in [1.807, 2.05) is 54.6 Å². The molecule has 0 N–H and O–H groups in total. The van der Waals surface area contributed by atoms with Crippen LogP contribution in [0.15, 0.2) is 85.1 Å². The molecule has 0 spiro atoms. The first-order chi connectivity index (χ1) is 11.8. The number of para-hydroxylation sites is 2. The Morgan fingerprint density at radius 3 is 2.67 bits per heavy atom. The number of benzene rings is 2. The van der Waals surface area contributed by atoms with Crippen molar-refractivity contribution < 1.29 is 0 Å². The number of fused-ring (bicyclic) bond motifs is 3. The summed E-state index contributed by atoms with van der Waals surface area (Å²) in [6, 6.07) is 15.9. The Bertz CT molecular complexity index is 967. The third-order valence-corrected chi connectivity index (χ3v) is 4.33. The number of hydrogen-bond donors (Lipinski definition) is 0. The molecule has 2 aromatic carbocycles. The minimum Gasteiger partial charge on any atom is -0.304 e. The summed E-state index contributed by atoms with van der Waals surface area (Å²) in [5, 5.41) is 0.700. The zero-order valence-electron chi connectivity index (χ0n) is 13.1. The lowest BCUT2D eigenvalue weighted by Crippen LogP contribution is -2.18. The van der Waals surface area contributed by atoms with Crippen LogP contribution in [0.5, 0.6) is 0 Å². The van der Waals surface area contributed by atoms with E-state index in [4.69, 9.17) is 16.6 Å². The summed E-state index contributed by atoms with van der Waals surface area (Å²) in [5.74, 6) is 0.811. The molecule has 0 unspecified atom stereocenters. The molecule has 0 saturated heterocycles. The standard InChI is InChI=1S/C20H16ClN3/c1-15-9-4-3-7-14-23-19-17(21)12-8-13-18(19)22-20(23)24(15)16-10-5-2-6-11-16/h2-13H,1,14H2/b7-3-,9-4-. The van der Waals surface area contributed by atoms with E-state index < -0.39 is 0 Å². The highest BCUT2D eigenvalue weighted by atomic mass is 35.5. The minimum atomic E-state index is 0.691. The molecule has 0 radical (unpaired) electrons. The summed E-state index contributed by atoms with van der Waals surface area (Å²) in [5.41, 5.74) is 3.68. The van der Waals surface area contributed by atoms with E-state index in [9.17, 15) is 0 Å². The molecular weight excluding hydrogens is 318 g/mol. The topological polar surface area (TPSA) is 21.1 Å². The molecule has 2 heterocycles. The van der Waals surface area contributed by atoms with Crippen LogP contribution in [0.3, 0.4) is 0 Å². The van der Waals surface area contributed by atoms with E-state index >= 15 is 0 Å². The first-order valence-corrected chi connectivity index (χ1v) is 8.15. The van der Waals surface area contributed by atoms with Crippen LogP contribution in [0.1, 0.15) is 0 Å². The largest absolute Gasteiger partial charge is 0.304 e. The van der Waals surface area contributed by atoms with E-state index in [1.165, 1.54) is 0 Å². The summed E-state index contributed by atoms with van der Waals surface area (Å²) < 4.78 is 2.12. The van der Waals surface area contributed by atoms with Gasteiger partial charge >= 0.3 is 0 Å². The molecule has 24 heavy (non-hydrogen) atoms. The molecule has 1 aromatic heterocycles. The summed E-state index contributed by atoms with van der Waals surface area (Å²) in [6.45, 7) is 4.92. The normalized spacial score (nSPS) is 17.0. The van der Waals surface area contributed by atoms with Gasteiger partial charge in [0, 0.05) is 17.9 Å². The van der Waals surface area contributed by atoms with Gasteiger partial charge in [0.25, 0.3) is 0 Å². The number of imidazole rings is 1. The first-order valence-electron chi connectivity index (χ1n) is 7.78. The highest BCUT2D eigenvalue weighted by Crippen LogP contribution is 2.34. The molecule has 4 heteroatoms. The van der Waals surface area contributed by atoms with E-state index in [-0.39, 0.29) is 0 Å². The Labute approximate surface area is 145 Å². The van der Waals surface area contributed by atoms with E-state index in [0.29, 0.717) is 11.6 Å². The van der Waals surface area contributed by atoms with Crippen molar-refractivity contribution in [1.82, 2.24) is 9.55 Å². The van der Waals surface area contributed by atoms with Crippen molar-refractivity contribution in [2.75, 3.05) is 4.90 Å². The predicted molar refractivity (Wildman–Crippen MR) is 101 cm³/mol. The minimum absolute atomic E-state index is 0.691. The second-order valence-electron chi connectivity index (χ2n) is 5.58. The van der Waals surface area contributed by atoms with Crippen molar-refractivity contribution in [3.05, 3.63) is 90.1 Å². The van der Waals surface area contributed by atoms with Crippen LogP contribution in [-0.2, 0) is 6.54 Å². The highest BCUT2D eigenvalue weighted by molar-refractivity contribution is 6.35. The summed E-state index contributed by atoms with van der Waals surface area (Å²) >= 11 is 6.46. The van der Waals surface area contributed by atoms with Crippen molar-refractivity contribution in [3.63, 3.8) is 0 Å². The Morgan fingerprint density at radius 1 is 1.00 bits per heavy atom. The molecule has 0 atom stereocenters. The van der Waals surface area contributed by atoms with E-state index in [1.54, 1.807) is 0 Å². The van der Waals surface area contributed by atoms with Gasteiger partial charge in [0.15, 0.2) is 0 Å². The van der Waals surface area contributed by atoms with Crippen LogP contribution in [0.25, 0.3) is 11.0 Å². The molecule has 118 valence electrons. The SMILES string of the molecule is C=C1/C=C\C=C/Cn2c(nc3cccc(Cl)c32)N1c1ccccc1. The van der Waals surface area contributed by atoms with Crippen molar-refractivity contribution in [2.24, 2.45) is 0 Å². The quantitative estimate of drug-likeness (QED) is 0.589. The monoisotopic (exact) mass is 333 g/mol. The lowest BCUT2D eigenvalue weighted by atomic mass is 10.2. The van der Waals surface area contributed by atoms with E-state index in [2.05, 4.69) is 34.3 Å². The van der Waals surface area contributed by atoms with Gasteiger partial charge in [-0.3, -0.25) is 4.90 Å². The van der Waals surface area contributed by atoms with Crippen molar-refractivity contribution in [3.8, 4) is 0 Å². The van der Waals surface area contributed by atoms with Gasteiger partial charge in [0.1, 0.15) is 0 Å². The number of allylic oxidation sites excluding steroid dienone is 4. The molecule has 0 aliphatic carbocycles. The van der Waals surface area contributed by atoms with Crippen LogP contribution in [0.2, 0.25) is 5.02 Å². The van der Waals surface area contributed by atoms with Crippen LogP contribution < -0.4 is 4.90 Å². The Morgan fingerprint density at radius 2 is 1.83 bits per heavy atom. The third kappa shape index (κ3) is 2.43. The maximum atomic E-state index is 6.46. The molecule has 1 aliphatic rings. The van der Waals surface area contributed by atoms with Crippen LogP contribution in [-0.4, -0.2) is 9.55 Å². The molecule has 0 fully saturated rings.